The molecule has 172 valence electrons. The second kappa shape index (κ2) is 7.57. The van der Waals surface area contributed by atoms with Crippen LogP contribution in [0.2, 0.25) is 0 Å². The van der Waals surface area contributed by atoms with Gasteiger partial charge in [-0.2, -0.15) is 13.2 Å². The van der Waals surface area contributed by atoms with Gasteiger partial charge in [0.1, 0.15) is 17.1 Å². The largest absolute Gasteiger partial charge is 0.433 e. The van der Waals surface area contributed by atoms with E-state index in [4.69, 9.17) is 4.52 Å². The first-order valence-electron chi connectivity index (χ1n) is 9.73. The summed E-state index contributed by atoms with van der Waals surface area (Å²) >= 11 is 0. The third-order valence-electron chi connectivity index (χ3n) is 5.35. The number of carbonyl (C=O) groups excluding carboxylic acids is 1. The number of aryl methyl sites for hydroxylation is 3. The number of carbonyl (C=O) groups is 1. The van der Waals surface area contributed by atoms with Gasteiger partial charge in [0, 0.05) is 30.1 Å². The average molecular weight is 461 g/mol. The maximum absolute atomic E-state index is 13.0. The third-order valence-corrected chi connectivity index (χ3v) is 5.35. The van der Waals surface area contributed by atoms with E-state index in [-0.39, 0.29) is 10.9 Å². The van der Waals surface area contributed by atoms with Gasteiger partial charge in [0.25, 0.3) is 5.56 Å². The molecule has 0 aliphatic heterocycles. The standard InChI is InChI=1S/C21H18F3N5O4/c1-10-7-14(12(3)29(10)17-8-11(2)33-26-17)15(30)9-28-19(31)13-5-6-16(21(22,23)24)25-18(13)27(4)20(28)32/h5-8H,9H2,1-4H3. The number of rotatable bonds is 4. The SMILES string of the molecule is Cc1cc(-n2c(C)cc(C(=O)Cn3c(=O)c4ccc(C(F)(F)F)nc4n(C)c3=O)c2C)no1. The predicted octanol–water partition coefficient (Wildman–Crippen LogP) is 2.70. The highest BCUT2D eigenvalue weighted by molar-refractivity contribution is 5.97. The first-order chi connectivity index (χ1) is 15.4. The number of pyridine rings is 1. The van der Waals surface area contributed by atoms with Gasteiger partial charge in [0.15, 0.2) is 11.6 Å². The Bertz CT molecular complexity index is 1540. The van der Waals surface area contributed by atoms with Gasteiger partial charge in [0.2, 0.25) is 0 Å². The number of aromatic nitrogens is 5. The second-order valence-corrected chi connectivity index (χ2v) is 7.64. The van der Waals surface area contributed by atoms with Gasteiger partial charge in [-0.15, -0.1) is 0 Å². The van der Waals surface area contributed by atoms with Gasteiger partial charge in [-0.3, -0.25) is 23.3 Å². The van der Waals surface area contributed by atoms with Crippen LogP contribution < -0.4 is 11.2 Å². The van der Waals surface area contributed by atoms with Crippen molar-refractivity contribution >= 4 is 16.8 Å². The number of nitrogens with zero attached hydrogens (tertiary/aromatic N) is 5. The first-order valence-corrected chi connectivity index (χ1v) is 9.73. The molecule has 0 saturated carbocycles. The van der Waals surface area contributed by atoms with E-state index in [1.54, 1.807) is 37.5 Å². The molecule has 4 rings (SSSR count). The smallest absolute Gasteiger partial charge is 0.360 e. The molecule has 4 heterocycles. The van der Waals surface area contributed by atoms with Crippen LogP contribution in [-0.4, -0.2) is 29.6 Å². The molecule has 0 aliphatic carbocycles. The number of hydrogen-bond donors (Lipinski definition) is 0. The first kappa shape index (κ1) is 22.2. The lowest BCUT2D eigenvalue weighted by Gasteiger charge is -2.12. The van der Waals surface area contributed by atoms with Crippen molar-refractivity contribution in [3.05, 3.63) is 73.5 Å². The molecule has 0 fully saturated rings. The Morgan fingerprint density at radius 3 is 2.42 bits per heavy atom. The molecule has 33 heavy (non-hydrogen) atoms. The summed E-state index contributed by atoms with van der Waals surface area (Å²) in [5, 5.41) is 3.74. The molecule has 0 spiro atoms. The second-order valence-electron chi connectivity index (χ2n) is 7.64. The summed E-state index contributed by atoms with van der Waals surface area (Å²) in [6, 6.07) is 4.91. The Kier molecular flexibility index (Phi) is 5.10. The van der Waals surface area contributed by atoms with Crippen molar-refractivity contribution in [2.45, 2.75) is 33.5 Å². The summed E-state index contributed by atoms with van der Waals surface area (Å²) in [6.07, 6.45) is -4.74. The van der Waals surface area contributed by atoms with Crippen LogP contribution >= 0.6 is 0 Å². The number of fused-ring (bicyclic) bond motifs is 1. The molecule has 0 radical (unpaired) electrons. The molecule has 0 bridgehead atoms. The van der Waals surface area contributed by atoms with Crippen LogP contribution in [0.3, 0.4) is 0 Å². The zero-order chi connectivity index (χ0) is 24.2. The topological polar surface area (TPSA) is 105 Å². The van der Waals surface area contributed by atoms with E-state index in [2.05, 4.69) is 10.1 Å². The quantitative estimate of drug-likeness (QED) is 0.433. The van der Waals surface area contributed by atoms with Crippen molar-refractivity contribution < 1.29 is 22.5 Å². The van der Waals surface area contributed by atoms with Crippen LogP contribution in [0.25, 0.3) is 16.9 Å². The van der Waals surface area contributed by atoms with Crippen LogP contribution in [0.4, 0.5) is 13.2 Å². The van der Waals surface area contributed by atoms with Crippen molar-refractivity contribution in [1.29, 1.82) is 0 Å². The molecule has 0 unspecified atom stereocenters. The average Bonchev–Trinajstić information content (AvgIpc) is 3.30. The minimum atomic E-state index is -4.74. The highest BCUT2D eigenvalue weighted by Crippen LogP contribution is 2.28. The van der Waals surface area contributed by atoms with E-state index < -0.39 is 41.1 Å². The Labute approximate surface area is 183 Å². The Morgan fingerprint density at radius 1 is 1.12 bits per heavy atom. The lowest BCUT2D eigenvalue weighted by molar-refractivity contribution is -0.141. The Morgan fingerprint density at radius 2 is 1.82 bits per heavy atom. The van der Waals surface area contributed by atoms with Crippen LogP contribution in [0.1, 0.15) is 33.2 Å². The number of alkyl halides is 3. The highest BCUT2D eigenvalue weighted by atomic mass is 19.4. The van der Waals surface area contributed by atoms with E-state index >= 15 is 0 Å². The van der Waals surface area contributed by atoms with Gasteiger partial charge < -0.3 is 4.52 Å². The van der Waals surface area contributed by atoms with E-state index in [0.717, 1.165) is 10.6 Å². The molecule has 12 heteroatoms. The molecular weight excluding hydrogens is 443 g/mol. The van der Waals surface area contributed by atoms with Crippen molar-refractivity contribution in [3.63, 3.8) is 0 Å². The number of hydrogen-bond acceptors (Lipinski definition) is 6. The summed E-state index contributed by atoms with van der Waals surface area (Å²) in [7, 11) is 1.19. The van der Waals surface area contributed by atoms with Crippen molar-refractivity contribution in [3.8, 4) is 5.82 Å². The van der Waals surface area contributed by atoms with E-state index in [1.165, 1.54) is 7.05 Å². The molecule has 9 nitrogen and oxygen atoms in total. The minimum absolute atomic E-state index is 0.207. The fourth-order valence-corrected chi connectivity index (χ4v) is 3.76. The van der Waals surface area contributed by atoms with Crippen molar-refractivity contribution in [2.24, 2.45) is 7.05 Å². The van der Waals surface area contributed by atoms with E-state index in [9.17, 15) is 27.6 Å². The number of Topliss-reactive ketones (excluding diaryl/α,β-unsaturated/α-hetero) is 1. The summed E-state index contributed by atoms with van der Waals surface area (Å²) < 4.78 is 47.3. The zero-order valence-electron chi connectivity index (χ0n) is 18.0. The number of halogens is 3. The summed E-state index contributed by atoms with van der Waals surface area (Å²) in [6.45, 7) is 4.59. The van der Waals surface area contributed by atoms with Gasteiger partial charge in [0.05, 0.1) is 11.9 Å². The highest BCUT2D eigenvalue weighted by Gasteiger charge is 2.33. The summed E-state index contributed by atoms with van der Waals surface area (Å²) in [4.78, 5) is 42.1. The van der Waals surface area contributed by atoms with Gasteiger partial charge in [-0.05, 0) is 39.0 Å². The van der Waals surface area contributed by atoms with Gasteiger partial charge >= 0.3 is 11.9 Å². The van der Waals surface area contributed by atoms with E-state index in [1.807, 2.05) is 0 Å². The zero-order valence-corrected chi connectivity index (χ0v) is 18.0. The summed E-state index contributed by atoms with van der Waals surface area (Å²) in [5.74, 6) is 0.541. The molecular formula is C21H18F3N5O4. The lowest BCUT2D eigenvalue weighted by atomic mass is 10.1. The van der Waals surface area contributed by atoms with E-state index in [0.29, 0.717) is 33.6 Å². The number of ketones is 1. The maximum Gasteiger partial charge on any atom is 0.433 e. The fourth-order valence-electron chi connectivity index (χ4n) is 3.76. The lowest BCUT2D eigenvalue weighted by Crippen LogP contribution is -2.41. The monoisotopic (exact) mass is 461 g/mol. The normalized spacial score (nSPS) is 12.0. The van der Waals surface area contributed by atoms with Crippen molar-refractivity contribution in [2.75, 3.05) is 0 Å². The minimum Gasteiger partial charge on any atom is -0.360 e. The van der Waals surface area contributed by atoms with Crippen LogP contribution in [0.5, 0.6) is 0 Å². The van der Waals surface area contributed by atoms with Crippen LogP contribution in [0.15, 0.2) is 38.4 Å². The molecule has 0 N–H and O–H groups in total. The maximum atomic E-state index is 13.0. The Hall–Kier alpha value is -3.96. The van der Waals surface area contributed by atoms with Gasteiger partial charge in [-0.1, -0.05) is 5.16 Å². The molecule has 0 atom stereocenters. The molecule has 0 aliphatic rings. The molecule has 0 amide bonds. The van der Waals surface area contributed by atoms with Crippen molar-refractivity contribution in [1.82, 2.24) is 23.8 Å². The summed E-state index contributed by atoms with van der Waals surface area (Å²) in [5.41, 5.74) is -2.00. The predicted molar refractivity (Wildman–Crippen MR) is 111 cm³/mol. The molecule has 0 saturated heterocycles. The molecule has 0 aromatic carbocycles. The Balaban J connectivity index is 1.78. The fraction of sp³-hybridized carbons (Fsp3) is 0.286. The van der Waals surface area contributed by atoms with Crippen LogP contribution in [-0.2, 0) is 19.8 Å². The van der Waals surface area contributed by atoms with Gasteiger partial charge in [-0.25, -0.2) is 9.78 Å². The van der Waals surface area contributed by atoms with Crippen LogP contribution in [0, 0.1) is 20.8 Å². The third kappa shape index (κ3) is 3.66. The molecule has 4 aromatic heterocycles. The molecule has 4 aromatic rings.